The Hall–Kier alpha value is -1.77. The van der Waals surface area contributed by atoms with Gasteiger partial charge in [0.1, 0.15) is 0 Å². The molecule has 166 valence electrons. The molecular weight excluding hydrogens is 400 g/mol. The summed E-state index contributed by atoms with van der Waals surface area (Å²) in [4.78, 5) is 27.1. The fourth-order valence-corrected chi connectivity index (χ4v) is 5.23. The van der Waals surface area contributed by atoms with Crippen LogP contribution < -0.4 is 15.5 Å². The summed E-state index contributed by atoms with van der Waals surface area (Å²) in [7, 11) is 0. The van der Waals surface area contributed by atoms with Gasteiger partial charge in [0.15, 0.2) is 5.16 Å². The van der Waals surface area contributed by atoms with Crippen molar-refractivity contribution in [1.82, 2.24) is 25.4 Å². The largest absolute Gasteiger partial charge is 0.341 e. The van der Waals surface area contributed by atoms with Gasteiger partial charge in [-0.1, -0.05) is 37.9 Å². The summed E-state index contributed by atoms with van der Waals surface area (Å²) < 4.78 is 2.21. The minimum atomic E-state index is -0.418. The predicted octanol–water partition coefficient (Wildman–Crippen LogP) is 3.49. The van der Waals surface area contributed by atoms with Crippen molar-refractivity contribution in [2.75, 3.05) is 18.0 Å². The van der Waals surface area contributed by atoms with E-state index in [1.54, 1.807) is 0 Å². The van der Waals surface area contributed by atoms with Gasteiger partial charge in [0.05, 0.1) is 5.25 Å². The van der Waals surface area contributed by atoms with Gasteiger partial charge < -0.3 is 10.2 Å². The third-order valence-corrected chi connectivity index (χ3v) is 7.51. The molecule has 2 heterocycles. The molecule has 0 bridgehead atoms. The number of amides is 3. The van der Waals surface area contributed by atoms with E-state index in [9.17, 15) is 9.59 Å². The smallest absolute Gasteiger partial charge is 0.321 e. The first-order valence-electron chi connectivity index (χ1n) is 11.5. The summed E-state index contributed by atoms with van der Waals surface area (Å²) in [6.07, 6.45) is 10.1. The van der Waals surface area contributed by atoms with E-state index < -0.39 is 5.25 Å². The summed E-state index contributed by atoms with van der Waals surface area (Å²) in [5.41, 5.74) is 0. The summed E-state index contributed by atoms with van der Waals surface area (Å²) in [6, 6.07) is 0.232. The van der Waals surface area contributed by atoms with Gasteiger partial charge in [-0.3, -0.25) is 14.7 Å². The van der Waals surface area contributed by atoms with Gasteiger partial charge >= 0.3 is 6.03 Å². The third kappa shape index (κ3) is 5.28. The molecule has 9 heteroatoms. The van der Waals surface area contributed by atoms with E-state index in [1.165, 1.54) is 31.0 Å². The van der Waals surface area contributed by atoms with Gasteiger partial charge in [0, 0.05) is 25.2 Å². The van der Waals surface area contributed by atoms with Crippen molar-refractivity contribution >= 4 is 29.6 Å². The van der Waals surface area contributed by atoms with Crippen LogP contribution in [0.15, 0.2) is 5.16 Å². The zero-order valence-corrected chi connectivity index (χ0v) is 18.9. The molecule has 1 aromatic rings. The van der Waals surface area contributed by atoms with Crippen LogP contribution in [0.4, 0.5) is 10.7 Å². The number of aromatic nitrogens is 3. The van der Waals surface area contributed by atoms with Crippen molar-refractivity contribution in [2.45, 2.75) is 94.1 Å². The van der Waals surface area contributed by atoms with E-state index in [2.05, 4.69) is 37.2 Å². The minimum Gasteiger partial charge on any atom is -0.341 e. The normalized spacial score (nSPS) is 22.0. The lowest BCUT2D eigenvalue weighted by atomic mass is 9.96. The van der Waals surface area contributed by atoms with Crippen LogP contribution in [0.5, 0.6) is 0 Å². The molecule has 1 aromatic heterocycles. The number of nitrogens with one attached hydrogen (secondary N) is 2. The number of imide groups is 1. The van der Waals surface area contributed by atoms with Gasteiger partial charge in [-0.2, -0.15) is 0 Å². The fraction of sp³-hybridized carbons (Fsp3) is 0.810. The Morgan fingerprint density at radius 3 is 2.40 bits per heavy atom. The van der Waals surface area contributed by atoms with Crippen LogP contribution in [-0.2, 0) is 4.79 Å². The van der Waals surface area contributed by atoms with Gasteiger partial charge in [-0.25, -0.2) is 4.79 Å². The third-order valence-electron chi connectivity index (χ3n) is 6.45. The Labute approximate surface area is 182 Å². The molecule has 30 heavy (non-hydrogen) atoms. The maximum Gasteiger partial charge on any atom is 0.321 e. The molecule has 4 rings (SSSR count). The van der Waals surface area contributed by atoms with E-state index in [4.69, 9.17) is 0 Å². The van der Waals surface area contributed by atoms with Gasteiger partial charge in [-0.05, 0) is 51.4 Å². The van der Waals surface area contributed by atoms with Crippen molar-refractivity contribution in [3.05, 3.63) is 0 Å². The first kappa shape index (κ1) is 21.5. The second-order valence-corrected chi connectivity index (χ2v) is 10.4. The van der Waals surface area contributed by atoms with Crippen LogP contribution in [0.2, 0.25) is 0 Å². The molecular formula is C21H34N6O2S. The molecule has 1 atom stereocenters. The number of piperidine rings is 1. The van der Waals surface area contributed by atoms with Gasteiger partial charge in [0.2, 0.25) is 11.9 Å². The lowest BCUT2D eigenvalue weighted by Gasteiger charge is -2.31. The number of nitrogens with zero attached hydrogens (tertiary/aromatic N) is 4. The molecule has 0 spiro atoms. The number of anilines is 1. The SMILES string of the molecule is CC1CCN(c2nnc(S[C@@H](C)C(=O)NC(=O)NC3CCCCC3)n2C2CC2)CC1. The first-order chi connectivity index (χ1) is 14.5. The second-order valence-electron chi connectivity index (χ2n) is 9.11. The molecule has 3 amide bonds. The van der Waals surface area contributed by atoms with Crippen LogP contribution in [0.1, 0.15) is 77.7 Å². The quantitative estimate of drug-likeness (QED) is 0.666. The van der Waals surface area contributed by atoms with Crippen molar-refractivity contribution < 1.29 is 9.59 Å². The van der Waals surface area contributed by atoms with Gasteiger partial charge in [-0.15, -0.1) is 10.2 Å². The van der Waals surface area contributed by atoms with Crippen LogP contribution in [0, 0.1) is 5.92 Å². The van der Waals surface area contributed by atoms with Crippen molar-refractivity contribution in [2.24, 2.45) is 5.92 Å². The zero-order chi connectivity index (χ0) is 21.1. The number of carbonyl (C=O) groups is 2. The van der Waals surface area contributed by atoms with Crippen LogP contribution in [0.3, 0.4) is 0 Å². The number of rotatable bonds is 6. The maximum atomic E-state index is 12.6. The Kier molecular flexibility index (Phi) is 6.85. The fourth-order valence-electron chi connectivity index (χ4n) is 4.32. The van der Waals surface area contributed by atoms with E-state index in [0.717, 1.165) is 68.6 Å². The average Bonchev–Trinajstić information content (AvgIpc) is 3.49. The van der Waals surface area contributed by atoms with Crippen LogP contribution >= 0.6 is 11.8 Å². The minimum absolute atomic E-state index is 0.183. The van der Waals surface area contributed by atoms with Crippen LogP contribution in [-0.4, -0.2) is 51.1 Å². The summed E-state index contributed by atoms with van der Waals surface area (Å²) in [6.45, 7) is 6.14. The zero-order valence-electron chi connectivity index (χ0n) is 18.1. The molecule has 0 aromatic carbocycles. The number of hydrogen-bond acceptors (Lipinski definition) is 6. The lowest BCUT2D eigenvalue weighted by Crippen LogP contribution is -2.47. The maximum absolute atomic E-state index is 12.6. The topological polar surface area (TPSA) is 92.2 Å². The summed E-state index contributed by atoms with van der Waals surface area (Å²) in [5.74, 6) is 1.41. The highest BCUT2D eigenvalue weighted by molar-refractivity contribution is 8.00. The monoisotopic (exact) mass is 434 g/mol. The second kappa shape index (κ2) is 9.58. The highest BCUT2D eigenvalue weighted by Gasteiger charge is 2.34. The average molecular weight is 435 g/mol. The molecule has 3 aliphatic rings. The van der Waals surface area contributed by atoms with Crippen molar-refractivity contribution in [1.29, 1.82) is 0 Å². The molecule has 1 aliphatic heterocycles. The molecule has 0 unspecified atom stereocenters. The highest BCUT2D eigenvalue weighted by atomic mass is 32.2. The highest BCUT2D eigenvalue weighted by Crippen LogP contribution is 2.42. The number of thioether (sulfide) groups is 1. The molecule has 8 nitrogen and oxygen atoms in total. The first-order valence-corrected chi connectivity index (χ1v) is 12.4. The van der Waals surface area contributed by atoms with Crippen molar-refractivity contribution in [3.8, 4) is 0 Å². The Morgan fingerprint density at radius 2 is 1.73 bits per heavy atom. The Morgan fingerprint density at radius 1 is 1.03 bits per heavy atom. The predicted molar refractivity (Wildman–Crippen MR) is 118 cm³/mol. The van der Waals surface area contributed by atoms with Crippen LogP contribution in [0.25, 0.3) is 0 Å². The van der Waals surface area contributed by atoms with E-state index >= 15 is 0 Å². The van der Waals surface area contributed by atoms with Gasteiger partial charge in [0.25, 0.3) is 0 Å². The van der Waals surface area contributed by atoms with Crippen molar-refractivity contribution in [3.63, 3.8) is 0 Å². The van der Waals surface area contributed by atoms with E-state index in [0.29, 0.717) is 6.04 Å². The summed E-state index contributed by atoms with van der Waals surface area (Å²) >= 11 is 1.39. The molecule has 2 saturated carbocycles. The molecule has 2 N–H and O–H groups in total. The Bertz CT molecular complexity index is 751. The van der Waals surface area contributed by atoms with E-state index in [1.807, 2.05) is 6.92 Å². The standard InChI is InChI=1S/C21H34N6O2S/c1-14-10-12-26(13-11-14)20-24-25-21(27(20)17-8-9-17)30-15(2)18(28)23-19(29)22-16-6-4-3-5-7-16/h14-17H,3-13H2,1-2H3,(H2,22,23,28,29)/t15-/m0/s1. The summed E-state index contributed by atoms with van der Waals surface area (Å²) in [5, 5.41) is 14.7. The molecule has 2 aliphatic carbocycles. The number of urea groups is 1. The molecule has 0 radical (unpaired) electrons. The molecule has 3 fully saturated rings. The Balaban J connectivity index is 1.35. The van der Waals surface area contributed by atoms with E-state index in [-0.39, 0.29) is 18.0 Å². The number of carbonyl (C=O) groups excluding carboxylic acids is 2. The molecule has 1 saturated heterocycles. The number of hydrogen-bond donors (Lipinski definition) is 2. The lowest BCUT2D eigenvalue weighted by molar-refractivity contribution is -0.119.